The summed E-state index contributed by atoms with van der Waals surface area (Å²) in [6.45, 7) is 1.81. The molecule has 3 N–H and O–H groups in total. The summed E-state index contributed by atoms with van der Waals surface area (Å²) in [4.78, 5) is 21.2. The van der Waals surface area contributed by atoms with Crippen molar-refractivity contribution in [2.45, 2.75) is 69.5 Å². The van der Waals surface area contributed by atoms with Crippen molar-refractivity contribution in [3.05, 3.63) is 29.8 Å². The Morgan fingerprint density at radius 3 is 2.50 bits per heavy atom. The third-order valence-corrected chi connectivity index (χ3v) is 7.27. The highest BCUT2D eigenvalue weighted by Crippen LogP contribution is 2.33. The minimum atomic E-state index is -2.58. The number of aliphatic imine (C=N–C) groups is 2. The number of aliphatic hydroxyl groups excluding tert-OH is 1. The molecule has 0 amide bonds. The lowest BCUT2D eigenvalue weighted by Crippen LogP contribution is -2.55. The summed E-state index contributed by atoms with van der Waals surface area (Å²) in [6, 6.07) is 7.17. The Hall–Kier alpha value is -2.23. The number of anilines is 1. The number of unbranched alkanes of at least 4 members (excludes halogenated alkanes) is 1. The standard InChI is InChI=1S/C22H28ClN3O5S/c1-2-3-11-21(25-17(14-27)19(23)26-21)13-15-7-9-16(10-8-15)24-22(20(28)29)12-5-4-6-18(22)32(30)31/h7-10,24,27H,2-6,11-14H2,1H3,(H,28,29). The van der Waals surface area contributed by atoms with Crippen LogP contribution in [-0.4, -0.2) is 58.2 Å². The van der Waals surface area contributed by atoms with Gasteiger partial charge < -0.3 is 15.5 Å². The van der Waals surface area contributed by atoms with E-state index in [1.807, 2.05) is 12.1 Å². The Labute approximate surface area is 194 Å². The van der Waals surface area contributed by atoms with Gasteiger partial charge in [0.15, 0.2) is 11.2 Å². The number of nitrogens with one attached hydrogen (secondary N) is 1. The number of hydrogen-bond donors (Lipinski definition) is 3. The Balaban J connectivity index is 1.85. The summed E-state index contributed by atoms with van der Waals surface area (Å²) < 4.78 is 23.4. The topological polar surface area (TPSA) is 128 Å². The second kappa shape index (κ2) is 10.1. The van der Waals surface area contributed by atoms with Crippen LogP contribution >= 0.6 is 11.6 Å². The molecule has 8 nitrogen and oxygen atoms in total. The van der Waals surface area contributed by atoms with Gasteiger partial charge >= 0.3 is 5.97 Å². The zero-order valence-corrected chi connectivity index (χ0v) is 19.5. The van der Waals surface area contributed by atoms with Gasteiger partial charge in [-0.3, -0.25) is 4.99 Å². The van der Waals surface area contributed by atoms with E-state index >= 15 is 0 Å². The van der Waals surface area contributed by atoms with Gasteiger partial charge in [0.25, 0.3) is 0 Å². The number of benzene rings is 1. The number of carboxylic acids is 1. The van der Waals surface area contributed by atoms with Crippen LogP contribution in [0.4, 0.5) is 5.69 Å². The number of hydrogen-bond acceptors (Lipinski definition) is 7. The number of nitrogens with zero attached hydrogens (tertiary/aromatic N) is 2. The molecule has 1 aromatic rings. The number of carboxylic acid groups (broad SMARTS) is 1. The molecule has 0 bridgehead atoms. The highest BCUT2D eigenvalue weighted by atomic mass is 35.5. The van der Waals surface area contributed by atoms with Crippen molar-refractivity contribution in [1.82, 2.24) is 0 Å². The number of aliphatic hydroxyl groups is 1. The molecule has 2 atom stereocenters. The quantitative estimate of drug-likeness (QED) is 0.465. The van der Waals surface area contributed by atoms with Gasteiger partial charge in [-0.2, -0.15) is 8.42 Å². The SMILES string of the molecule is CCCCC1(Cc2ccc(NC3(C(=O)O)CCCCC3=S(=O)=O)cc2)N=C(Cl)C(CO)=N1. The van der Waals surface area contributed by atoms with Crippen molar-refractivity contribution >= 4 is 49.3 Å². The first-order valence-corrected chi connectivity index (χ1v) is 12.2. The summed E-state index contributed by atoms with van der Waals surface area (Å²) in [5.41, 5.74) is -0.552. The van der Waals surface area contributed by atoms with Crippen LogP contribution in [0.2, 0.25) is 0 Å². The molecule has 1 fully saturated rings. The molecule has 0 spiro atoms. The molecule has 174 valence electrons. The summed E-state index contributed by atoms with van der Waals surface area (Å²) in [7, 11) is -2.58. The lowest BCUT2D eigenvalue weighted by atomic mass is 9.81. The summed E-state index contributed by atoms with van der Waals surface area (Å²) in [5, 5.41) is 22.6. The molecule has 1 aromatic carbocycles. The van der Waals surface area contributed by atoms with Crippen LogP contribution in [0.15, 0.2) is 34.3 Å². The van der Waals surface area contributed by atoms with E-state index in [9.17, 15) is 23.4 Å². The van der Waals surface area contributed by atoms with Crippen molar-refractivity contribution in [2.24, 2.45) is 9.98 Å². The minimum Gasteiger partial charge on any atom is -0.479 e. The molecule has 0 radical (unpaired) electrons. The summed E-state index contributed by atoms with van der Waals surface area (Å²) in [6.07, 6.45) is 4.77. The fourth-order valence-corrected chi connectivity index (χ4v) is 5.45. The maximum absolute atomic E-state index is 12.1. The monoisotopic (exact) mass is 481 g/mol. The smallest absolute Gasteiger partial charge is 0.334 e. The van der Waals surface area contributed by atoms with Gasteiger partial charge in [-0.25, -0.2) is 9.79 Å². The fourth-order valence-electron chi connectivity index (χ4n) is 4.35. The van der Waals surface area contributed by atoms with E-state index in [2.05, 4.69) is 22.2 Å². The number of aliphatic carboxylic acids is 1. The van der Waals surface area contributed by atoms with Crippen LogP contribution in [0.25, 0.3) is 0 Å². The Kier molecular flexibility index (Phi) is 7.74. The third-order valence-electron chi connectivity index (χ3n) is 6.01. The van der Waals surface area contributed by atoms with E-state index in [4.69, 9.17) is 11.6 Å². The van der Waals surface area contributed by atoms with Gasteiger partial charge in [0, 0.05) is 12.1 Å². The Morgan fingerprint density at radius 1 is 1.22 bits per heavy atom. The second-order valence-corrected chi connectivity index (χ2v) is 9.60. The first kappa shape index (κ1) is 24.4. The summed E-state index contributed by atoms with van der Waals surface area (Å²) in [5.74, 6) is -1.19. The van der Waals surface area contributed by atoms with Gasteiger partial charge in [0.2, 0.25) is 10.3 Å². The van der Waals surface area contributed by atoms with E-state index in [0.29, 0.717) is 37.1 Å². The van der Waals surface area contributed by atoms with Gasteiger partial charge in [0.05, 0.1) is 11.5 Å². The molecular formula is C22H28ClN3O5S. The van der Waals surface area contributed by atoms with Crippen molar-refractivity contribution in [3.8, 4) is 0 Å². The van der Waals surface area contributed by atoms with Gasteiger partial charge in [-0.1, -0.05) is 37.1 Å². The van der Waals surface area contributed by atoms with Crippen LogP contribution in [0.5, 0.6) is 0 Å². The molecule has 1 heterocycles. The van der Waals surface area contributed by atoms with Crippen molar-refractivity contribution in [3.63, 3.8) is 0 Å². The molecule has 1 aliphatic carbocycles. The van der Waals surface area contributed by atoms with E-state index in [0.717, 1.165) is 18.4 Å². The molecule has 0 saturated heterocycles. The van der Waals surface area contributed by atoms with Crippen LogP contribution in [-0.2, 0) is 21.5 Å². The molecule has 1 saturated carbocycles. The Bertz CT molecular complexity index is 1060. The normalized spacial score (nSPS) is 25.3. The minimum absolute atomic E-state index is 0.0142. The third kappa shape index (κ3) is 5.05. The molecular weight excluding hydrogens is 454 g/mol. The van der Waals surface area contributed by atoms with Crippen LogP contribution in [0, 0.1) is 0 Å². The first-order chi connectivity index (χ1) is 15.2. The maximum Gasteiger partial charge on any atom is 0.334 e. The number of rotatable bonds is 9. The zero-order valence-electron chi connectivity index (χ0n) is 18.0. The van der Waals surface area contributed by atoms with Crippen LogP contribution in [0.3, 0.4) is 0 Å². The zero-order chi connectivity index (χ0) is 23.4. The van der Waals surface area contributed by atoms with E-state index in [-0.39, 0.29) is 29.5 Å². The van der Waals surface area contributed by atoms with Crippen molar-refractivity contribution in [1.29, 1.82) is 0 Å². The van der Waals surface area contributed by atoms with Crippen molar-refractivity contribution in [2.75, 3.05) is 11.9 Å². The average Bonchev–Trinajstić information content (AvgIpc) is 3.09. The molecule has 10 heteroatoms. The first-order valence-electron chi connectivity index (χ1n) is 10.8. The second-order valence-electron chi connectivity index (χ2n) is 8.28. The van der Waals surface area contributed by atoms with Gasteiger partial charge in [-0.15, -0.1) is 0 Å². The highest BCUT2D eigenvalue weighted by molar-refractivity contribution is 7.73. The summed E-state index contributed by atoms with van der Waals surface area (Å²) >= 11 is 6.17. The number of carbonyl (C=O) groups is 1. The lowest BCUT2D eigenvalue weighted by molar-refractivity contribution is -0.140. The predicted molar refractivity (Wildman–Crippen MR) is 127 cm³/mol. The predicted octanol–water partition coefficient (Wildman–Crippen LogP) is 3.06. The van der Waals surface area contributed by atoms with E-state index in [1.54, 1.807) is 12.1 Å². The molecule has 2 aliphatic rings. The highest BCUT2D eigenvalue weighted by Gasteiger charge is 2.46. The van der Waals surface area contributed by atoms with E-state index < -0.39 is 27.5 Å². The lowest BCUT2D eigenvalue weighted by Gasteiger charge is -2.35. The largest absolute Gasteiger partial charge is 0.479 e. The van der Waals surface area contributed by atoms with E-state index in [1.165, 1.54) is 0 Å². The fraction of sp³-hybridized carbons (Fsp3) is 0.545. The maximum atomic E-state index is 12.1. The van der Waals surface area contributed by atoms with Gasteiger partial charge in [0.1, 0.15) is 10.9 Å². The molecule has 2 unspecified atom stereocenters. The van der Waals surface area contributed by atoms with Crippen molar-refractivity contribution < 1.29 is 23.4 Å². The van der Waals surface area contributed by atoms with Crippen LogP contribution < -0.4 is 5.32 Å². The molecule has 0 aromatic heterocycles. The molecule has 3 rings (SSSR count). The van der Waals surface area contributed by atoms with Gasteiger partial charge in [-0.05, 0) is 56.2 Å². The van der Waals surface area contributed by atoms with Crippen LogP contribution in [0.1, 0.15) is 57.4 Å². The Morgan fingerprint density at radius 2 is 1.94 bits per heavy atom. The number of halogens is 1. The molecule has 32 heavy (non-hydrogen) atoms. The average molecular weight is 482 g/mol. The molecule has 1 aliphatic heterocycles.